The second kappa shape index (κ2) is 14.3. The molecule has 0 unspecified atom stereocenters. The van der Waals surface area contributed by atoms with Gasteiger partial charge >= 0.3 is 0 Å². The smallest absolute Gasteiger partial charge is 0.179 e. The van der Waals surface area contributed by atoms with Gasteiger partial charge < -0.3 is 21.7 Å². The van der Waals surface area contributed by atoms with Crippen molar-refractivity contribution in [3.05, 3.63) is 118 Å². The summed E-state index contributed by atoms with van der Waals surface area (Å²) in [5.74, 6) is -1.40. The molecular weight excluding hydrogens is 693 g/mol. The van der Waals surface area contributed by atoms with Crippen LogP contribution < -0.4 is 11.5 Å². The maximum atomic E-state index is 13.8. The monoisotopic (exact) mass is 744 g/mol. The number of aliphatic hydroxyl groups is 2. The van der Waals surface area contributed by atoms with Crippen LogP contribution in [0.2, 0.25) is 0 Å². The van der Waals surface area contributed by atoms with Crippen LogP contribution in [0.4, 0.5) is 11.4 Å². The summed E-state index contributed by atoms with van der Waals surface area (Å²) in [6.07, 6.45) is 2.09. The van der Waals surface area contributed by atoms with Gasteiger partial charge in [-0.3, -0.25) is 0 Å². The third-order valence-corrected chi connectivity index (χ3v) is 16.1. The molecule has 4 aromatic rings. The highest BCUT2D eigenvalue weighted by atomic mass is 32.2. The van der Waals surface area contributed by atoms with Gasteiger partial charge in [0.2, 0.25) is 0 Å². The fourth-order valence-electron chi connectivity index (χ4n) is 8.61. The van der Waals surface area contributed by atoms with Crippen molar-refractivity contribution in [1.82, 2.24) is 0 Å². The van der Waals surface area contributed by atoms with Crippen molar-refractivity contribution in [3.63, 3.8) is 0 Å². The largest absolute Gasteiger partial charge is 0.399 e. The Morgan fingerprint density at radius 2 is 1.12 bits per heavy atom. The zero-order valence-corrected chi connectivity index (χ0v) is 32.2. The van der Waals surface area contributed by atoms with E-state index in [4.69, 9.17) is 11.5 Å². The molecule has 2 heterocycles. The third-order valence-electron chi connectivity index (χ3n) is 12.0. The van der Waals surface area contributed by atoms with Gasteiger partial charge in [0.15, 0.2) is 19.7 Å². The van der Waals surface area contributed by atoms with Crippen molar-refractivity contribution in [2.75, 3.05) is 23.0 Å². The molecule has 0 fully saturated rings. The van der Waals surface area contributed by atoms with Crippen molar-refractivity contribution < 1.29 is 27.0 Å². The van der Waals surface area contributed by atoms with Crippen LogP contribution in [0.3, 0.4) is 0 Å². The van der Waals surface area contributed by atoms with Gasteiger partial charge in [0.1, 0.15) is 0 Å². The molecule has 0 bridgehead atoms. The van der Waals surface area contributed by atoms with Crippen LogP contribution in [0.1, 0.15) is 105 Å². The number of benzene rings is 4. The molecule has 0 spiro atoms. The Morgan fingerprint density at radius 1 is 0.654 bits per heavy atom. The Labute approximate surface area is 309 Å². The van der Waals surface area contributed by atoms with E-state index in [0.717, 1.165) is 35.1 Å². The summed E-state index contributed by atoms with van der Waals surface area (Å²) in [6, 6.07) is 25.7. The predicted molar refractivity (Wildman–Crippen MR) is 208 cm³/mol. The Balaban J connectivity index is 1.32. The minimum atomic E-state index is -3.69. The number of rotatable bonds is 9. The lowest BCUT2D eigenvalue weighted by Crippen LogP contribution is -2.42. The van der Waals surface area contributed by atoms with Gasteiger partial charge in [-0.05, 0) is 95.5 Å². The number of anilines is 2. The molecule has 6 N–H and O–H groups in total. The molecule has 8 nitrogen and oxygen atoms in total. The van der Waals surface area contributed by atoms with E-state index in [2.05, 4.69) is 6.92 Å². The number of hydrogen-bond acceptors (Lipinski definition) is 8. The molecule has 10 heteroatoms. The Bertz CT molecular complexity index is 2150. The standard InChI is InChI=1S/C42H52N2O6S2/c1-5-8-21-42(7-3)26-52(49,50)36-20-18-32(44)24-34(36)38(40(42)46)30-15-11-28(12-16-30)22-27-9-13-29(14-10-27)37-33-23-31(43)17-19-35(33)51(47,48)25-41(4,6-2)39(37)45/h9-20,23-24,37-40,45-46H,5-8,21-22,25-26,43-44H2,1-4H3/t37-,38+,39-,40+,41-,42-/m1/s1. The first-order valence-electron chi connectivity index (χ1n) is 18.4. The number of unbranched alkanes of at least 4 members (excludes halogenated alkanes) is 1. The van der Waals surface area contributed by atoms with E-state index in [9.17, 15) is 27.0 Å². The lowest BCUT2D eigenvalue weighted by Gasteiger charge is -2.39. The third kappa shape index (κ3) is 6.91. The van der Waals surface area contributed by atoms with Gasteiger partial charge in [0.25, 0.3) is 0 Å². The number of aliphatic hydroxyl groups excluding tert-OH is 2. The number of fused-ring (bicyclic) bond motifs is 2. The molecule has 0 saturated heterocycles. The minimum Gasteiger partial charge on any atom is -0.399 e. The Hall–Kier alpha value is -3.70. The number of hydrogen-bond donors (Lipinski definition) is 4. The van der Waals surface area contributed by atoms with Crippen molar-refractivity contribution in [2.45, 2.75) is 100 Å². The second-order valence-corrected chi connectivity index (χ2v) is 19.4. The Kier molecular flexibility index (Phi) is 10.4. The van der Waals surface area contributed by atoms with Crippen LogP contribution in [0, 0.1) is 10.8 Å². The number of nitrogens with two attached hydrogens (primary N) is 2. The Morgan fingerprint density at radius 3 is 1.56 bits per heavy atom. The van der Waals surface area contributed by atoms with Crippen LogP contribution in [0.15, 0.2) is 94.7 Å². The predicted octanol–water partition coefficient (Wildman–Crippen LogP) is 7.00. The van der Waals surface area contributed by atoms with Crippen molar-refractivity contribution in [3.8, 4) is 0 Å². The quantitative estimate of drug-likeness (QED) is 0.133. The molecule has 52 heavy (non-hydrogen) atoms. The average molecular weight is 745 g/mol. The van der Waals surface area contributed by atoms with Crippen molar-refractivity contribution in [1.29, 1.82) is 0 Å². The zero-order valence-electron chi connectivity index (χ0n) is 30.5. The molecule has 6 rings (SSSR count). The summed E-state index contributed by atoms with van der Waals surface area (Å²) in [6.45, 7) is 7.79. The fourth-order valence-corrected chi connectivity index (χ4v) is 13.1. The summed E-state index contributed by atoms with van der Waals surface area (Å²) >= 11 is 0. The first-order chi connectivity index (χ1) is 24.6. The van der Waals surface area contributed by atoms with Crippen LogP contribution in [-0.2, 0) is 26.1 Å². The van der Waals surface area contributed by atoms with Gasteiger partial charge in [-0.15, -0.1) is 0 Å². The molecule has 0 radical (unpaired) electrons. The normalized spacial score (nSPS) is 27.9. The summed E-state index contributed by atoms with van der Waals surface area (Å²) in [5.41, 5.74) is 16.4. The van der Waals surface area contributed by atoms with Crippen molar-refractivity contribution >= 4 is 31.0 Å². The van der Waals surface area contributed by atoms with E-state index < -0.39 is 54.5 Å². The van der Waals surface area contributed by atoms with Crippen LogP contribution >= 0.6 is 0 Å². The lowest BCUT2D eigenvalue weighted by atomic mass is 9.69. The molecule has 278 valence electrons. The fraction of sp³-hybridized carbons (Fsp3) is 0.429. The van der Waals surface area contributed by atoms with E-state index in [1.165, 1.54) is 0 Å². The topological polar surface area (TPSA) is 161 Å². The van der Waals surface area contributed by atoms with Gasteiger partial charge in [-0.2, -0.15) is 0 Å². The van der Waals surface area contributed by atoms with Gasteiger partial charge in [0, 0.05) is 34.0 Å². The molecular formula is C42H52N2O6S2. The van der Waals surface area contributed by atoms with Crippen LogP contribution in [0.25, 0.3) is 0 Å². The molecule has 6 atom stereocenters. The highest BCUT2D eigenvalue weighted by molar-refractivity contribution is 7.91. The van der Waals surface area contributed by atoms with E-state index in [0.29, 0.717) is 48.2 Å². The first-order valence-corrected chi connectivity index (χ1v) is 21.7. The molecule has 0 saturated carbocycles. The van der Waals surface area contributed by atoms with Gasteiger partial charge in [-0.25, -0.2) is 16.8 Å². The maximum Gasteiger partial charge on any atom is 0.179 e. The molecule has 0 aromatic heterocycles. The minimum absolute atomic E-state index is 0.108. The van der Waals surface area contributed by atoms with Gasteiger partial charge in [0.05, 0.1) is 33.5 Å². The van der Waals surface area contributed by atoms with Crippen LogP contribution in [0.5, 0.6) is 0 Å². The highest BCUT2D eigenvalue weighted by Crippen LogP contribution is 2.50. The molecule has 2 aliphatic heterocycles. The average Bonchev–Trinajstić information content (AvgIpc) is 3.22. The molecule has 4 aromatic carbocycles. The van der Waals surface area contributed by atoms with E-state index >= 15 is 0 Å². The molecule has 0 amide bonds. The maximum absolute atomic E-state index is 13.8. The van der Waals surface area contributed by atoms with E-state index in [1.54, 1.807) is 36.4 Å². The summed E-state index contributed by atoms with van der Waals surface area (Å²) in [7, 11) is -7.34. The van der Waals surface area contributed by atoms with Crippen LogP contribution in [-0.4, -0.2) is 50.8 Å². The zero-order chi connectivity index (χ0) is 37.6. The SMILES string of the molecule is CCCC[C@]1(CC)CS(=O)(=O)c2ccc(N)cc2[C@H](c2ccc(Cc3ccc([C@@H]4c5cc(N)ccc5S(=O)(=O)C[C@@](C)(CC)[C@@H]4O)cc3)cc2)[C@@H]1O. The summed E-state index contributed by atoms with van der Waals surface area (Å²) in [5, 5.41) is 24.0. The van der Waals surface area contributed by atoms with Crippen molar-refractivity contribution in [2.24, 2.45) is 10.8 Å². The molecule has 2 aliphatic rings. The van der Waals surface area contributed by atoms with E-state index in [-0.39, 0.29) is 21.3 Å². The lowest BCUT2D eigenvalue weighted by molar-refractivity contribution is 0.0174. The summed E-state index contributed by atoms with van der Waals surface area (Å²) in [4.78, 5) is 0.456. The van der Waals surface area contributed by atoms with E-state index in [1.807, 2.05) is 69.3 Å². The first kappa shape index (κ1) is 38.0. The second-order valence-electron chi connectivity index (χ2n) is 15.4. The number of sulfone groups is 2. The highest BCUT2D eigenvalue weighted by Gasteiger charge is 2.49. The summed E-state index contributed by atoms with van der Waals surface area (Å²) < 4.78 is 54.7. The number of nitrogen functional groups attached to an aromatic ring is 2. The van der Waals surface area contributed by atoms with Gasteiger partial charge in [-0.1, -0.05) is 89.1 Å². The molecule has 0 aliphatic carbocycles.